The molecule has 1 unspecified atom stereocenters. The molecule has 4 heteroatoms. The van der Waals surface area contributed by atoms with E-state index in [0.29, 0.717) is 17.7 Å². The van der Waals surface area contributed by atoms with Crippen molar-refractivity contribution in [2.75, 3.05) is 5.73 Å². The van der Waals surface area contributed by atoms with E-state index in [9.17, 15) is 0 Å². The van der Waals surface area contributed by atoms with Crippen LogP contribution in [-0.4, -0.2) is 15.0 Å². The summed E-state index contributed by atoms with van der Waals surface area (Å²) in [7, 11) is 0. The summed E-state index contributed by atoms with van der Waals surface area (Å²) >= 11 is 0. The quantitative estimate of drug-likeness (QED) is 0.793. The first-order valence-corrected chi connectivity index (χ1v) is 6.78. The maximum atomic E-state index is 5.87. The Morgan fingerprint density at radius 3 is 2.53 bits per heavy atom. The summed E-state index contributed by atoms with van der Waals surface area (Å²) in [6.45, 7) is 9.71. The molecule has 1 aromatic heterocycles. The lowest BCUT2D eigenvalue weighted by molar-refractivity contribution is 0.359. The van der Waals surface area contributed by atoms with Crippen LogP contribution >= 0.6 is 0 Å². The second-order valence-corrected chi connectivity index (χ2v) is 5.11. The van der Waals surface area contributed by atoms with Crippen molar-refractivity contribution < 1.29 is 0 Å². The maximum Gasteiger partial charge on any atom is 0.169 e. The molecular formula is C13H26N4. The lowest BCUT2D eigenvalue weighted by Crippen LogP contribution is -2.15. The Labute approximate surface area is 105 Å². The minimum atomic E-state index is 0.383. The molecule has 0 saturated heterocycles. The zero-order valence-corrected chi connectivity index (χ0v) is 11.6. The van der Waals surface area contributed by atoms with Crippen molar-refractivity contribution in [3.63, 3.8) is 0 Å². The summed E-state index contributed by atoms with van der Waals surface area (Å²) < 4.78 is 2.00. The monoisotopic (exact) mass is 238 g/mol. The summed E-state index contributed by atoms with van der Waals surface area (Å²) in [5.41, 5.74) is 6.95. The third-order valence-corrected chi connectivity index (χ3v) is 3.32. The number of nitrogens with two attached hydrogens (primary N) is 1. The van der Waals surface area contributed by atoms with Gasteiger partial charge in [0.05, 0.1) is 5.69 Å². The standard InChI is InChI=1S/C13H26N4/c1-5-7-8-11(6-2)9-17-12(10(3)4)13(14)15-16-17/h10-11H,5-9,14H2,1-4H3. The topological polar surface area (TPSA) is 56.7 Å². The van der Waals surface area contributed by atoms with Crippen molar-refractivity contribution in [3.05, 3.63) is 5.69 Å². The van der Waals surface area contributed by atoms with E-state index in [0.717, 1.165) is 12.2 Å². The summed E-state index contributed by atoms with van der Waals surface area (Å²) in [4.78, 5) is 0. The third kappa shape index (κ3) is 3.72. The van der Waals surface area contributed by atoms with Crippen molar-refractivity contribution in [2.24, 2.45) is 5.92 Å². The Morgan fingerprint density at radius 2 is 2.00 bits per heavy atom. The first-order valence-electron chi connectivity index (χ1n) is 6.78. The summed E-state index contributed by atoms with van der Waals surface area (Å²) in [5, 5.41) is 8.17. The number of nitrogens with zero attached hydrogens (tertiary/aromatic N) is 3. The lowest BCUT2D eigenvalue weighted by Gasteiger charge is -2.17. The highest BCUT2D eigenvalue weighted by Crippen LogP contribution is 2.22. The number of hydrogen-bond donors (Lipinski definition) is 1. The van der Waals surface area contributed by atoms with Crippen LogP contribution in [0.1, 0.15) is 65.0 Å². The zero-order chi connectivity index (χ0) is 12.8. The van der Waals surface area contributed by atoms with E-state index in [1.54, 1.807) is 0 Å². The van der Waals surface area contributed by atoms with Crippen LogP contribution in [0.15, 0.2) is 0 Å². The predicted octanol–water partition coefficient (Wildman–Crippen LogP) is 3.20. The minimum Gasteiger partial charge on any atom is -0.381 e. The molecule has 1 rings (SSSR count). The van der Waals surface area contributed by atoms with E-state index < -0.39 is 0 Å². The first-order chi connectivity index (χ1) is 8.10. The average Bonchev–Trinajstić information content (AvgIpc) is 2.65. The van der Waals surface area contributed by atoms with Gasteiger partial charge in [-0.1, -0.05) is 52.2 Å². The minimum absolute atomic E-state index is 0.383. The molecule has 0 amide bonds. The van der Waals surface area contributed by atoms with Crippen molar-refractivity contribution in [1.29, 1.82) is 0 Å². The summed E-state index contributed by atoms with van der Waals surface area (Å²) in [6.07, 6.45) is 5.01. The van der Waals surface area contributed by atoms with Gasteiger partial charge in [0.2, 0.25) is 0 Å². The molecule has 0 radical (unpaired) electrons. The van der Waals surface area contributed by atoms with Crippen molar-refractivity contribution >= 4 is 5.82 Å². The number of aromatic nitrogens is 3. The molecule has 1 aromatic rings. The van der Waals surface area contributed by atoms with Crippen molar-refractivity contribution in [1.82, 2.24) is 15.0 Å². The second kappa shape index (κ2) is 6.62. The number of unbranched alkanes of at least 4 members (excludes halogenated alkanes) is 1. The Bertz CT molecular complexity index is 330. The van der Waals surface area contributed by atoms with Crippen LogP contribution in [0, 0.1) is 5.92 Å². The van der Waals surface area contributed by atoms with Gasteiger partial charge in [0.1, 0.15) is 0 Å². The van der Waals surface area contributed by atoms with E-state index in [-0.39, 0.29) is 0 Å². The molecule has 1 heterocycles. The Balaban J connectivity index is 2.72. The molecule has 4 nitrogen and oxygen atoms in total. The number of hydrogen-bond acceptors (Lipinski definition) is 3. The molecule has 0 spiro atoms. The molecule has 0 aromatic carbocycles. The van der Waals surface area contributed by atoms with E-state index in [4.69, 9.17) is 5.73 Å². The highest BCUT2D eigenvalue weighted by Gasteiger charge is 2.16. The molecule has 0 fully saturated rings. The summed E-state index contributed by atoms with van der Waals surface area (Å²) in [6, 6.07) is 0. The summed E-state index contributed by atoms with van der Waals surface area (Å²) in [5.74, 6) is 1.66. The largest absolute Gasteiger partial charge is 0.381 e. The van der Waals surface area contributed by atoms with Crippen LogP contribution in [-0.2, 0) is 6.54 Å². The fourth-order valence-corrected chi connectivity index (χ4v) is 2.22. The van der Waals surface area contributed by atoms with Gasteiger partial charge >= 0.3 is 0 Å². The number of rotatable bonds is 7. The molecule has 0 aliphatic rings. The van der Waals surface area contributed by atoms with E-state index in [2.05, 4.69) is 38.0 Å². The normalized spacial score (nSPS) is 13.2. The first kappa shape index (κ1) is 14.0. The molecule has 1 atom stereocenters. The van der Waals surface area contributed by atoms with Gasteiger partial charge in [-0.15, -0.1) is 5.10 Å². The van der Waals surface area contributed by atoms with Crippen LogP contribution in [0.3, 0.4) is 0 Å². The van der Waals surface area contributed by atoms with Gasteiger partial charge in [-0.05, 0) is 18.3 Å². The van der Waals surface area contributed by atoms with Crippen molar-refractivity contribution in [2.45, 2.75) is 65.8 Å². The zero-order valence-electron chi connectivity index (χ0n) is 11.6. The van der Waals surface area contributed by atoms with Gasteiger partial charge in [0, 0.05) is 6.54 Å². The van der Waals surface area contributed by atoms with Gasteiger partial charge in [-0.3, -0.25) is 0 Å². The SMILES string of the molecule is CCCCC(CC)Cn1nnc(N)c1C(C)C. The van der Waals surface area contributed by atoms with Crippen molar-refractivity contribution in [3.8, 4) is 0 Å². The smallest absolute Gasteiger partial charge is 0.169 e. The Kier molecular flexibility index (Phi) is 5.45. The highest BCUT2D eigenvalue weighted by atomic mass is 15.4. The lowest BCUT2D eigenvalue weighted by atomic mass is 9.99. The fraction of sp³-hybridized carbons (Fsp3) is 0.846. The molecule has 0 aliphatic heterocycles. The number of anilines is 1. The van der Waals surface area contributed by atoms with Gasteiger partial charge in [0.25, 0.3) is 0 Å². The van der Waals surface area contributed by atoms with Crippen LogP contribution in [0.2, 0.25) is 0 Å². The van der Waals surface area contributed by atoms with Gasteiger partial charge in [-0.25, -0.2) is 4.68 Å². The van der Waals surface area contributed by atoms with Crippen LogP contribution in [0.5, 0.6) is 0 Å². The molecule has 0 saturated carbocycles. The fourth-order valence-electron chi connectivity index (χ4n) is 2.22. The van der Waals surface area contributed by atoms with Crippen LogP contribution < -0.4 is 5.73 Å². The number of nitrogen functional groups attached to an aromatic ring is 1. The van der Waals surface area contributed by atoms with E-state index >= 15 is 0 Å². The van der Waals surface area contributed by atoms with E-state index in [1.165, 1.54) is 25.7 Å². The molecule has 2 N–H and O–H groups in total. The van der Waals surface area contributed by atoms with Crippen LogP contribution in [0.25, 0.3) is 0 Å². The molecule has 17 heavy (non-hydrogen) atoms. The second-order valence-electron chi connectivity index (χ2n) is 5.11. The molecular weight excluding hydrogens is 212 g/mol. The Morgan fingerprint density at radius 1 is 1.29 bits per heavy atom. The van der Waals surface area contributed by atoms with Crippen LogP contribution in [0.4, 0.5) is 5.82 Å². The average molecular weight is 238 g/mol. The third-order valence-electron chi connectivity index (χ3n) is 3.32. The van der Waals surface area contributed by atoms with Gasteiger partial charge in [-0.2, -0.15) is 0 Å². The molecule has 0 bridgehead atoms. The van der Waals surface area contributed by atoms with Gasteiger partial charge in [0.15, 0.2) is 5.82 Å². The maximum absolute atomic E-state index is 5.87. The molecule has 0 aliphatic carbocycles. The van der Waals surface area contributed by atoms with Gasteiger partial charge < -0.3 is 5.73 Å². The molecule has 98 valence electrons. The van der Waals surface area contributed by atoms with E-state index in [1.807, 2.05) is 4.68 Å². The Hall–Kier alpha value is -1.06. The predicted molar refractivity (Wildman–Crippen MR) is 71.8 cm³/mol. The highest BCUT2D eigenvalue weighted by molar-refractivity contribution is 5.35.